The molecule has 8 heteroatoms. The molecule has 0 saturated carbocycles. The van der Waals surface area contributed by atoms with Gasteiger partial charge in [0.15, 0.2) is 0 Å². The van der Waals surface area contributed by atoms with E-state index in [4.69, 9.17) is 22.3 Å². The lowest BCUT2D eigenvalue weighted by molar-refractivity contribution is 0.459. The van der Waals surface area contributed by atoms with Crippen LogP contribution in [0.3, 0.4) is 0 Å². The number of halogens is 2. The maximum Gasteiger partial charge on any atom is 0.220 e. The number of aromatic nitrogens is 5. The van der Waals surface area contributed by atoms with Gasteiger partial charge in [-0.1, -0.05) is 17.7 Å². The molecule has 164 valence electrons. The molecule has 2 aromatic carbocycles. The van der Waals surface area contributed by atoms with Crippen LogP contribution < -0.4 is 5.73 Å². The molecule has 0 bridgehead atoms. The van der Waals surface area contributed by atoms with E-state index in [2.05, 4.69) is 31.4 Å². The molecule has 1 aliphatic heterocycles. The van der Waals surface area contributed by atoms with Crippen molar-refractivity contribution in [1.29, 1.82) is 0 Å². The molecule has 4 heterocycles. The normalized spacial score (nSPS) is 15.3. The van der Waals surface area contributed by atoms with Crippen molar-refractivity contribution in [3.8, 4) is 22.6 Å². The number of nitrogens with zero attached hydrogens (tertiary/aromatic N) is 5. The summed E-state index contributed by atoms with van der Waals surface area (Å²) in [5.41, 5.74) is 10.2. The van der Waals surface area contributed by atoms with Crippen LogP contribution in [0.5, 0.6) is 0 Å². The van der Waals surface area contributed by atoms with Crippen molar-refractivity contribution in [3.63, 3.8) is 0 Å². The first-order valence-corrected chi connectivity index (χ1v) is 11.1. The highest BCUT2D eigenvalue weighted by Gasteiger charge is 2.31. The third-order valence-electron chi connectivity index (χ3n) is 6.23. The molecule has 6 nitrogen and oxygen atoms in total. The molecule has 1 atom stereocenters. The molecule has 0 spiro atoms. The van der Waals surface area contributed by atoms with Gasteiger partial charge in [0.2, 0.25) is 5.95 Å². The molecule has 0 aliphatic carbocycles. The second-order valence-corrected chi connectivity index (χ2v) is 8.70. The van der Waals surface area contributed by atoms with Crippen LogP contribution in [-0.4, -0.2) is 24.1 Å². The smallest absolute Gasteiger partial charge is 0.220 e. The third kappa shape index (κ3) is 3.45. The summed E-state index contributed by atoms with van der Waals surface area (Å²) in [7, 11) is 0. The van der Waals surface area contributed by atoms with E-state index in [1.54, 1.807) is 18.3 Å². The Morgan fingerprint density at radius 3 is 2.73 bits per heavy atom. The summed E-state index contributed by atoms with van der Waals surface area (Å²) in [5, 5.41) is 1.87. The van der Waals surface area contributed by atoms with Gasteiger partial charge in [-0.15, -0.1) is 0 Å². The minimum Gasteiger partial charge on any atom is -0.368 e. The fourth-order valence-corrected chi connectivity index (χ4v) is 4.92. The zero-order valence-electron chi connectivity index (χ0n) is 17.6. The summed E-state index contributed by atoms with van der Waals surface area (Å²) < 4.78 is 18.1. The Balaban J connectivity index is 1.49. The molecule has 0 saturated heterocycles. The quantitative estimate of drug-likeness (QED) is 0.384. The predicted octanol–water partition coefficient (Wildman–Crippen LogP) is 5.52. The van der Waals surface area contributed by atoms with Crippen LogP contribution in [0.4, 0.5) is 10.3 Å². The van der Waals surface area contributed by atoms with Crippen LogP contribution in [0.15, 0.2) is 67.0 Å². The molecule has 3 aromatic heterocycles. The van der Waals surface area contributed by atoms with Gasteiger partial charge in [-0.3, -0.25) is 0 Å². The molecule has 0 unspecified atom stereocenters. The number of nitrogen functional groups attached to an aromatic ring is 1. The standard InChI is InChI=1S/C25H20ClFN6/c26-17-4-1-15-10-12-32(21(15)13-17)14-19-7-8-22-31-23(16-2-5-18(27)6-3-16)24(33(19)22)20-9-11-29-25(28)30-20/h1-6,9-13,19H,7-8,14H2,(H2,28,29,30)/t19-/m0/s1. The summed E-state index contributed by atoms with van der Waals surface area (Å²) in [4.78, 5) is 13.5. The van der Waals surface area contributed by atoms with Gasteiger partial charge in [0, 0.05) is 41.5 Å². The van der Waals surface area contributed by atoms with Gasteiger partial charge in [0.05, 0.1) is 23.1 Å². The number of fused-ring (bicyclic) bond motifs is 2. The van der Waals surface area contributed by atoms with E-state index in [0.29, 0.717) is 10.7 Å². The molecule has 5 aromatic rings. The SMILES string of the molecule is Nc1nccc(-c2c(-c3ccc(F)cc3)nc3n2[C@H](Cn2ccc4ccc(Cl)cc42)CC3)n1. The lowest BCUT2D eigenvalue weighted by Gasteiger charge is -2.19. The van der Waals surface area contributed by atoms with Crippen LogP contribution >= 0.6 is 11.6 Å². The highest BCUT2D eigenvalue weighted by atomic mass is 35.5. The molecule has 33 heavy (non-hydrogen) atoms. The topological polar surface area (TPSA) is 74.5 Å². The number of hydrogen-bond acceptors (Lipinski definition) is 4. The number of rotatable bonds is 4. The molecule has 0 fully saturated rings. The third-order valence-corrected chi connectivity index (χ3v) is 6.46. The first kappa shape index (κ1) is 19.9. The average Bonchev–Trinajstić information content (AvgIpc) is 3.49. The van der Waals surface area contributed by atoms with Crippen LogP contribution in [0.25, 0.3) is 33.5 Å². The van der Waals surface area contributed by atoms with Gasteiger partial charge in [-0.2, -0.15) is 0 Å². The molecule has 6 rings (SSSR count). The van der Waals surface area contributed by atoms with Gasteiger partial charge < -0.3 is 14.9 Å². The van der Waals surface area contributed by atoms with Gasteiger partial charge in [0.25, 0.3) is 0 Å². The highest BCUT2D eigenvalue weighted by molar-refractivity contribution is 6.31. The fourth-order valence-electron chi connectivity index (χ4n) is 4.75. The number of benzene rings is 2. The first-order valence-electron chi connectivity index (χ1n) is 10.8. The number of imidazole rings is 1. The fraction of sp³-hybridized carbons (Fsp3) is 0.160. The number of anilines is 1. The van der Waals surface area contributed by atoms with Crippen molar-refractivity contribution in [1.82, 2.24) is 24.1 Å². The van der Waals surface area contributed by atoms with Crippen molar-refractivity contribution in [2.45, 2.75) is 25.4 Å². The van der Waals surface area contributed by atoms with Crippen LogP contribution in [0, 0.1) is 5.82 Å². The minimum absolute atomic E-state index is 0.169. The highest BCUT2D eigenvalue weighted by Crippen LogP contribution is 2.40. The van der Waals surface area contributed by atoms with E-state index < -0.39 is 0 Å². The zero-order valence-corrected chi connectivity index (χ0v) is 18.4. The summed E-state index contributed by atoms with van der Waals surface area (Å²) in [6.45, 7) is 0.767. The van der Waals surface area contributed by atoms with Crippen molar-refractivity contribution in [2.75, 3.05) is 5.73 Å². The lowest BCUT2D eigenvalue weighted by atomic mass is 10.1. The predicted molar refractivity (Wildman–Crippen MR) is 127 cm³/mol. The van der Waals surface area contributed by atoms with Crippen LogP contribution in [-0.2, 0) is 13.0 Å². The van der Waals surface area contributed by atoms with E-state index >= 15 is 0 Å². The number of hydrogen-bond donors (Lipinski definition) is 1. The second kappa shape index (κ2) is 7.71. The van der Waals surface area contributed by atoms with E-state index in [-0.39, 0.29) is 17.8 Å². The molecular weight excluding hydrogens is 439 g/mol. The van der Waals surface area contributed by atoms with Gasteiger partial charge in [-0.05, 0) is 60.3 Å². The average molecular weight is 459 g/mol. The van der Waals surface area contributed by atoms with E-state index in [9.17, 15) is 4.39 Å². The molecule has 0 amide bonds. The summed E-state index contributed by atoms with van der Waals surface area (Å²) in [5.74, 6) is 0.907. The first-order chi connectivity index (χ1) is 16.1. The Labute approximate surface area is 194 Å². The summed E-state index contributed by atoms with van der Waals surface area (Å²) in [6.07, 6.45) is 5.55. The number of aryl methyl sites for hydroxylation is 1. The zero-order chi connectivity index (χ0) is 22.5. The van der Waals surface area contributed by atoms with Crippen molar-refractivity contribution in [3.05, 3.63) is 83.7 Å². The summed E-state index contributed by atoms with van der Waals surface area (Å²) in [6, 6.07) is 16.4. The monoisotopic (exact) mass is 458 g/mol. The molecule has 2 N–H and O–H groups in total. The van der Waals surface area contributed by atoms with Gasteiger partial charge in [0.1, 0.15) is 11.6 Å². The van der Waals surface area contributed by atoms with Crippen molar-refractivity contribution < 1.29 is 4.39 Å². The second-order valence-electron chi connectivity index (χ2n) is 8.27. The Hall–Kier alpha value is -3.71. The Morgan fingerprint density at radius 1 is 1.06 bits per heavy atom. The molecular formula is C25H20ClFN6. The summed E-state index contributed by atoms with van der Waals surface area (Å²) >= 11 is 6.27. The Morgan fingerprint density at radius 2 is 1.91 bits per heavy atom. The lowest BCUT2D eigenvalue weighted by Crippen LogP contribution is -2.13. The van der Waals surface area contributed by atoms with Crippen LogP contribution in [0.2, 0.25) is 5.02 Å². The van der Waals surface area contributed by atoms with E-state index in [1.165, 1.54) is 12.1 Å². The van der Waals surface area contributed by atoms with Crippen molar-refractivity contribution >= 4 is 28.5 Å². The van der Waals surface area contributed by atoms with Crippen LogP contribution in [0.1, 0.15) is 18.3 Å². The van der Waals surface area contributed by atoms with E-state index in [0.717, 1.165) is 53.1 Å². The Kier molecular flexibility index (Phi) is 4.66. The molecule has 1 aliphatic rings. The van der Waals surface area contributed by atoms with Gasteiger partial charge in [-0.25, -0.2) is 19.3 Å². The van der Waals surface area contributed by atoms with E-state index in [1.807, 2.05) is 24.3 Å². The Bertz CT molecular complexity index is 1490. The largest absolute Gasteiger partial charge is 0.368 e. The maximum absolute atomic E-state index is 13.6. The maximum atomic E-state index is 13.6. The number of nitrogens with two attached hydrogens (primary N) is 1. The molecule has 0 radical (unpaired) electrons. The van der Waals surface area contributed by atoms with Gasteiger partial charge >= 0.3 is 0 Å². The van der Waals surface area contributed by atoms with Crippen molar-refractivity contribution in [2.24, 2.45) is 0 Å². The minimum atomic E-state index is -0.283.